The van der Waals surface area contributed by atoms with Crippen LogP contribution >= 0.6 is 0 Å². The third kappa shape index (κ3) is 1.43. The highest BCUT2D eigenvalue weighted by Gasteiger charge is 2.48. The summed E-state index contributed by atoms with van der Waals surface area (Å²) in [6.45, 7) is 2.31. The topological polar surface area (TPSA) is 12.5 Å². The van der Waals surface area contributed by atoms with Crippen LogP contribution in [0, 0.1) is 5.92 Å². The molecule has 1 aliphatic carbocycles. The smallest absolute Gasteiger partial charge is 0.164 e. The minimum Gasteiger partial charge on any atom is -0.472 e. The van der Waals surface area contributed by atoms with Gasteiger partial charge in [-0.3, -0.25) is 4.90 Å². The SMILES string of the molecule is c1ccc2c(c1)CN1CC[C@H]3CCC[C@@]1(C3)O2. The van der Waals surface area contributed by atoms with Crippen molar-refractivity contribution in [2.45, 2.75) is 44.4 Å². The third-order valence-electron chi connectivity index (χ3n) is 4.80. The van der Waals surface area contributed by atoms with E-state index < -0.39 is 0 Å². The van der Waals surface area contributed by atoms with Gasteiger partial charge in [-0.25, -0.2) is 0 Å². The number of hydrogen-bond acceptors (Lipinski definition) is 2. The minimum absolute atomic E-state index is 0.0511. The predicted molar refractivity (Wildman–Crippen MR) is 66.8 cm³/mol. The van der Waals surface area contributed by atoms with E-state index in [4.69, 9.17) is 4.74 Å². The van der Waals surface area contributed by atoms with Gasteiger partial charge in [0.05, 0.1) is 0 Å². The van der Waals surface area contributed by atoms with Crippen LogP contribution in [0.2, 0.25) is 0 Å². The molecule has 0 N–H and O–H groups in total. The van der Waals surface area contributed by atoms with E-state index in [1.807, 2.05) is 0 Å². The van der Waals surface area contributed by atoms with Gasteiger partial charge in [-0.05, 0) is 31.2 Å². The molecule has 1 spiro atoms. The van der Waals surface area contributed by atoms with Gasteiger partial charge in [-0.1, -0.05) is 18.2 Å². The van der Waals surface area contributed by atoms with Crippen molar-refractivity contribution in [2.75, 3.05) is 6.54 Å². The monoisotopic (exact) mass is 229 g/mol. The fraction of sp³-hybridized carbons (Fsp3) is 0.600. The molecule has 1 saturated carbocycles. The molecule has 2 heteroatoms. The first-order chi connectivity index (χ1) is 8.36. The molecule has 1 aromatic rings. The van der Waals surface area contributed by atoms with Crippen LogP contribution in [0.15, 0.2) is 24.3 Å². The molecule has 1 saturated heterocycles. The Morgan fingerprint density at radius 1 is 1.24 bits per heavy atom. The van der Waals surface area contributed by atoms with Crippen molar-refractivity contribution < 1.29 is 4.74 Å². The van der Waals surface area contributed by atoms with E-state index >= 15 is 0 Å². The third-order valence-corrected chi connectivity index (χ3v) is 4.80. The second-order valence-corrected chi connectivity index (χ2v) is 5.83. The first-order valence-electron chi connectivity index (χ1n) is 6.88. The molecule has 17 heavy (non-hydrogen) atoms. The van der Waals surface area contributed by atoms with Gasteiger partial charge in [0.15, 0.2) is 5.72 Å². The van der Waals surface area contributed by atoms with Crippen molar-refractivity contribution >= 4 is 0 Å². The lowest BCUT2D eigenvalue weighted by Crippen LogP contribution is -2.60. The van der Waals surface area contributed by atoms with Gasteiger partial charge in [-0.2, -0.15) is 0 Å². The van der Waals surface area contributed by atoms with Crippen LogP contribution in [0.25, 0.3) is 0 Å². The lowest BCUT2D eigenvalue weighted by molar-refractivity contribution is -0.164. The Hall–Kier alpha value is -1.02. The highest BCUT2D eigenvalue weighted by atomic mass is 16.5. The molecule has 2 atom stereocenters. The van der Waals surface area contributed by atoms with Crippen molar-refractivity contribution in [1.29, 1.82) is 0 Å². The molecule has 1 aromatic carbocycles. The summed E-state index contributed by atoms with van der Waals surface area (Å²) < 4.78 is 6.42. The lowest BCUT2D eigenvalue weighted by atomic mass is 9.76. The molecule has 2 heterocycles. The first kappa shape index (κ1) is 9.95. The summed E-state index contributed by atoms with van der Waals surface area (Å²) in [4.78, 5) is 2.59. The van der Waals surface area contributed by atoms with Crippen LogP contribution in [0.3, 0.4) is 0 Å². The van der Waals surface area contributed by atoms with E-state index in [0.29, 0.717) is 0 Å². The summed E-state index contributed by atoms with van der Waals surface area (Å²) in [7, 11) is 0. The molecule has 2 nitrogen and oxygen atoms in total. The summed E-state index contributed by atoms with van der Waals surface area (Å²) in [5.74, 6) is 2.04. The van der Waals surface area contributed by atoms with E-state index in [-0.39, 0.29) is 5.72 Å². The quantitative estimate of drug-likeness (QED) is 0.677. The van der Waals surface area contributed by atoms with E-state index in [9.17, 15) is 0 Å². The van der Waals surface area contributed by atoms with E-state index in [2.05, 4.69) is 29.2 Å². The maximum Gasteiger partial charge on any atom is 0.164 e. The van der Waals surface area contributed by atoms with Gasteiger partial charge in [0.2, 0.25) is 0 Å². The van der Waals surface area contributed by atoms with Crippen LogP contribution in [0.5, 0.6) is 5.75 Å². The van der Waals surface area contributed by atoms with Crippen molar-refractivity contribution in [3.8, 4) is 5.75 Å². The molecule has 2 bridgehead atoms. The zero-order chi connectivity index (χ0) is 11.3. The molecule has 90 valence electrons. The number of fused-ring (bicyclic) bond motifs is 2. The van der Waals surface area contributed by atoms with Crippen molar-refractivity contribution in [3.63, 3.8) is 0 Å². The van der Waals surface area contributed by atoms with E-state index in [1.54, 1.807) is 0 Å². The molecular weight excluding hydrogens is 210 g/mol. The predicted octanol–water partition coefficient (Wildman–Crippen LogP) is 3.17. The second kappa shape index (κ2) is 3.49. The molecule has 3 aliphatic rings. The number of rotatable bonds is 0. The van der Waals surface area contributed by atoms with Gasteiger partial charge < -0.3 is 4.74 Å². The van der Waals surface area contributed by atoms with Crippen LogP contribution in [-0.4, -0.2) is 17.2 Å². The number of benzene rings is 1. The van der Waals surface area contributed by atoms with Gasteiger partial charge in [-0.15, -0.1) is 0 Å². The van der Waals surface area contributed by atoms with Crippen LogP contribution in [0.4, 0.5) is 0 Å². The van der Waals surface area contributed by atoms with Gasteiger partial charge in [0.25, 0.3) is 0 Å². The summed E-state index contributed by atoms with van der Waals surface area (Å²) in [5.41, 5.74) is 1.41. The Bertz CT molecular complexity index is 444. The van der Waals surface area contributed by atoms with Crippen molar-refractivity contribution in [1.82, 2.24) is 4.90 Å². The highest BCUT2D eigenvalue weighted by Crippen LogP contribution is 2.47. The minimum atomic E-state index is 0.0511. The average molecular weight is 229 g/mol. The maximum atomic E-state index is 6.42. The summed E-state index contributed by atoms with van der Waals surface area (Å²) in [6, 6.07) is 8.55. The average Bonchev–Trinajstić information content (AvgIpc) is 2.36. The first-order valence-corrected chi connectivity index (χ1v) is 6.88. The summed E-state index contributed by atoms with van der Waals surface area (Å²) in [5, 5.41) is 0. The van der Waals surface area contributed by atoms with E-state index in [1.165, 1.54) is 44.2 Å². The largest absolute Gasteiger partial charge is 0.472 e. The molecule has 0 radical (unpaired) electrons. The lowest BCUT2D eigenvalue weighted by Gasteiger charge is -2.54. The van der Waals surface area contributed by atoms with Crippen molar-refractivity contribution in [3.05, 3.63) is 29.8 Å². The highest BCUT2D eigenvalue weighted by molar-refractivity contribution is 5.36. The molecule has 2 fully saturated rings. The molecule has 0 amide bonds. The Kier molecular flexibility index (Phi) is 2.04. The van der Waals surface area contributed by atoms with Gasteiger partial charge in [0, 0.05) is 31.5 Å². The number of hydrogen-bond donors (Lipinski definition) is 0. The van der Waals surface area contributed by atoms with Crippen molar-refractivity contribution in [2.24, 2.45) is 5.92 Å². The van der Waals surface area contributed by atoms with Gasteiger partial charge >= 0.3 is 0 Å². The Labute approximate surface area is 103 Å². The Morgan fingerprint density at radius 3 is 3.18 bits per heavy atom. The van der Waals surface area contributed by atoms with Crippen LogP contribution in [0.1, 0.15) is 37.7 Å². The molecule has 0 aromatic heterocycles. The Balaban J connectivity index is 1.75. The zero-order valence-corrected chi connectivity index (χ0v) is 10.2. The molecule has 0 unspecified atom stereocenters. The standard InChI is InChI=1S/C15H19NO/c1-2-6-14-13(5-1)11-16-9-7-12-4-3-8-15(16,10-12)17-14/h1-2,5-6,12H,3-4,7-11H2/t12-,15+/m1/s1. The number of para-hydroxylation sites is 1. The maximum absolute atomic E-state index is 6.42. The molecule has 2 aliphatic heterocycles. The fourth-order valence-electron chi connectivity index (χ4n) is 3.92. The van der Waals surface area contributed by atoms with Gasteiger partial charge in [0.1, 0.15) is 5.75 Å². The van der Waals surface area contributed by atoms with Crippen LogP contribution < -0.4 is 4.74 Å². The van der Waals surface area contributed by atoms with Crippen LogP contribution in [-0.2, 0) is 6.54 Å². The van der Waals surface area contributed by atoms with E-state index in [0.717, 1.165) is 18.2 Å². The normalized spacial score (nSPS) is 35.6. The zero-order valence-electron chi connectivity index (χ0n) is 10.2. The Morgan fingerprint density at radius 2 is 2.18 bits per heavy atom. The second-order valence-electron chi connectivity index (χ2n) is 5.83. The number of nitrogens with zero attached hydrogens (tertiary/aromatic N) is 1. The number of ether oxygens (including phenoxy) is 1. The summed E-state index contributed by atoms with van der Waals surface area (Å²) >= 11 is 0. The summed E-state index contributed by atoms with van der Waals surface area (Å²) in [6.07, 6.45) is 6.59. The fourth-order valence-corrected chi connectivity index (χ4v) is 3.92. The molecular formula is C15H19NO. The number of piperidine rings is 1. The molecule has 4 rings (SSSR count).